The van der Waals surface area contributed by atoms with Crippen molar-refractivity contribution in [2.45, 2.75) is 108 Å². The van der Waals surface area contributed by atoms with Crippen molar-refractivity contribution in [1.82, 2.24) is 25.6 Å². The third-order valence-corrected chi connectivity index (χ3v) is 18.0. The minimum absolute atomic E-state index is 0.255. The molecule has 6 heterocycles. The summed E-state index contributed by atoms with van der Waals surface area (Å²) in [6.07, 6.45) is -9.91. The van der Waals surface area contributed by atoms with E-state index >= 15 is 0 Å². The molecular weight excluding hydrogens is 1380 g/mol. The van der Waals surface area contributed by atoms with E-state index in [2.05, 4.69) is 52.4 Å². The maximum Gasteiger partial charge on any atom is 0.359 e. The molecule has 0 bridgehead atoms. The number of carbonyl (C=O) groups excluding carboxylic acids is 10. The first kappa shape index (κ1) is 76.4. The summed E-state index contributed by atoms with van der Waals surface area (Å²) in [7, 11) is 0. The SMILES string of the molecule is CC(=O)O[C@@H](C(=O)NCCc1cccs1)[C@@H](OC(C)=O)c1nc2ccccc2s1.CC(=O)O[C@@H](C(=O)O)[C@@H](OC(C)=O)c1nc2ccccc2s1.CC(=O)O[C@H]1C(=O)OC(=O)[C@@H]1OC(C)=O.Nc1ccccc1S.O=C(NCCc1cccs1)[C@H](O)[C@@H](O)c1nc2ccccc2s1. The van der Waals surface area contributed by atoms with E-state index in [9.17, 15) is 68.1 Å². The summed E-state index contributed by atoms with van der Waals surface area (Å²) in [6.45, 7) is 7.57. The number of rotatable bonds is 21. The van der Waals surface area contributed by atoms with Gasteiger partial charge in [-0.25, -0.2) is 29.3 Å². The molecule has 27 nitrogen and oxygen atoms in total. The van der Waals surface area contributed by atoms with Gasteiger partial charge >= 0.3 is 53.7 Å². The number of carbonyl (C=O) groups is 11. The molecule has 9 aromatic rings. The number of esters is 8. The van der Waals surface area contributed by atoms with Crippen LogP contribution in [0.4, 0.5) is 5.69 Å². The molecule has 0 spiro atoms. The Morgan fingerprint density at radius 2 is 0.897 bits per heavy atom. The summed E-state index contributed by atoms with van der Waals surface area (Å²) < 4.78 is 36.2. The Morgan fingerprint density at radius 1 is 0.515 bits per heavy atom. The van der Waals surface area contributed by atoms with Gasteiger partial charge in [0.15, 0.2) is 12.2 Å². The summed E-state index contributed by atoms with van der Waals surface area (Å²) in [5, 5.41) is 39.8. The van der Waals surface area contributed by atoms with Crippen LogP contribution in [0.15, 0.2) is 137 Å². The molecule has 10 rings (SSSR count). The first-order chi connectivity index (χ1) is 46.2. The summed E-state index contributed by atoms with van der Waals surface area (Å²) in [6, 6.07) is 37.3. The predicted octanol–water partition coefficient (Wildman–Crippen LogP) is 7.77. The zero-order chi connectivity index (χ0) is 70.9. The number of thiol groups is 1. The number of para-hydroxylation sites is 4. The number of hydrogen-bond donors (Lipinski definition) is 7. The number of carboxylic acids is 1. The average Bonchev–Trinajstić information content (AvgIpc) is 1.70. The molecule has 5 aromatic heterocycles. The first-order valence-corrected chi connectivity index (χ1v) is 33.4. The lowest BCUT2D eigenvalue weighted by Gasteiger charge is -2.24. The number of aliphatic hydroxyl groups excluding tert-OH is 2. The number of anilines is 1. The van der Waals surface area contributed by atoms with Gasteiger partial charge in [0.25, 0.3) is 11.8 Å². The van der Waals surface area contributed by atoms with Gasteiger partial charge in [0.1, 0.15) is 21.1 Å². The lowest BCUT2D eigenvalue weighted by atomic mass is 10.2. The van der Waals surface area contributed by atoms with Crippen LogP contribution in [-0.2, 0) is 98.7 Å². The quantitative estimate of drug-likeness (QED) is 0.0119. The van der Waals surface area contributed by atoms with E-state index in [1.54, 1.807) is 34.8 Å². The highest BCUT2D eigenvalue weighted by Crippen LogP contribution is 2.34. The normalized spacial score (nSPS) is 14.7. The van der Waals surface area contributed by atoms with Crippen molar-refractivity contribution in [3.63, 3.8) is 0 Å². The molecule has 0 aliphatic carbocycles. The number of ether oxygens (including phenoxy) is 7. The average molecular weight is 1450 g/mol. The molecular formula is C64H64N6O21S6. The monoisotopic (exact) mass is 1440 g/mol. The van der Waals surface area contributed by atoms with Crippen LogP contribution < -0.4 is 16.4 Å². The molecule has 4 aromatic carbocycles. The van der Waals surface area contributed by atoms with Crippen LogP contribution in [0, 0.1) is 0 Å². The summed E-state index contributed by atoms with van der Waals surface area (Å²) >= 11 is 11.0. The van der Waals surface area contributed by atoms with Gasteiger partial charge in [-0.05, 0) is 84.3 Å². The van der Waals surface area contributed by atoms with Crippen molar-refractivity contribution in [1.29, 1.82) is 0 Å². The highest BCUT2D eigenvalue weighted by Gasteiger charge is 2.49. The first-order valence-electron chi connectivity index (χ1n) is 28.8. The predicted molar refractivity (Wildman–Crippen MR) is 360 cm³/mol. The van der Waals surface area contributed by atoms with Crippen LogP contribution in [0.3, 0.4) is 0 Å². The van der Waals surface area contributed by atoms with Crippen molar-refractivity contribution in [3.8, 4) is 0 Å². The Labute approximate surface area is 578 Å². The lowest BCUT2D eigenvalue weighted by Crippen LogP contribution is -2.43. The number of amides is 2. The highest BCUT2D eigenvalue weighted by molar-refractivity contribution is 7.80. The van der Waals surface area contributed by atoms with E-state index in [-0.39, 0.29) is 5.01 Å². The number of thiazole rings is 3. The largest absolute Gasteiger partial charge is 0.478 e. The number of fused-ring (bicyclic) bond motifs is 3. The number of carboxylic acid groups (broad SMARTS) is 1. The molecule has 97 heavy (non-hydrogen) atoms. The molecule has 1 saturated heterocycles. The van der Waals surface area contributed by atoms with Crippen LogP contribution in [0.5, 0.6) is 0 Å². The molecule has 33 heteroatoms. The van der Waals surface area contributed by atoms with Crippen molar-refractivity contribution in [2.24, 2.45) is 0 Å². The number of thiophene rings is 2. The third kappa shape index (κ3) is 23.9. The Bertz CT molecular complexity index is 4040. The van der Waals surface area contributed by atoms with Gasteiger partial charge in [-0.3, -0.25) is 38.4 Å². The third-order valence-electron chi connectivity index (χ3n) is 12.4. The molecule has 7 N–H and O–H groups in total. The fourth-order valence-corrected chi connectivity index (χ4v) is 12.9. The fraction of sp³-hybridized carbons (Fsp3) is 0.281. The number of aromatic nitrogens is 3. The van der Waals surface area contributed by atoms with E-state index < -0.39 is 114 Å². The van der Waals surface area contributed by atoms with Crippen LogP contribution in [0.2, 0.25) is 0 Å². The second-order valence-corrected chi connectivity index (χ2v) is 25.7. The molecule has 0 saturated carbocycles. The second kappa shape index (κ2) is 37.6. The van der Waals surface area contributed by atoms with Gasteiger partial charge < -0.3 is 64.8 Å². The number of hydrogen-bond acceptors (Lipinski definition) is 30. The minimum atomic E-state index is -1.65. The van der Waals surface area contributed by atoms with Gasteiger partial charge in [0.2, 0.25) is 30.5 Å². The van der Waals surface area contributed by atoms with Gasteiger partial charge in [-0.2, -0.15) is 0 Å². The van der Waals surface area contributed by atoms with Gasteiger partial charge in [-0.15, -0.1) is 69.3 Å². The van der Waals surface area contributed by atoms with E-state index in [0.717, 1.165) is 67.6 Å². The number of nitrogens with two attached hydrogens (primary N) is 1. The molecule has 0 radical (unpaired) electrons. The van der Waals surface area contributed by atoms with E-state index in [1.807, 2.05) is 120 Å². The standard InChI is InChI=1S/C20H20N2O5S2.C16H16N2O3S2.C14H13NO6S.C8H8O7.C6H7NS/c1-12(23)26-17(19(25)21-10-9-14-6-5-11-28-14)18(27-13(2)24)20-22-15-7-3-4-8-16(15)29-20;19-13(15(21)17-8-7-10-4-3-9-22-10)14(20)16-18-11-5-1-2-6-12(11)23-16;1-7(16)20-11(12(14(18)19)21-8(2)17)13-15-9-5-3-4-6-10(9)22-13;1-3(9)13-5-6(14-4(2)10)8(12)15-7(5)11;7-5-3-1-2-4-6(5)8/h3-8,11,17-18H,9-10H2,1-2H3,(H,21,25);1-6,9,13-14,19-20H,7-8H2,(H,17,21);3-6,11-12H,1-2H3,(H,18,19);5-6H,1-2H3;1-4,8H,7H2/t17-,18-;13-,14-;11-,12-;5-,6-;/m1111./s1. The van der Waals surface area contributed by atoms with Crippen molar-refractivity contribution in [3.05, 3.63) is 157 Å². The molecule has 2 amide bonds. The summed E-state index contributed by atoms with van der Waals surface area (Å²) in [5.74, 6) is -8.90. The number of nitrogens with zero attached hydrogens (tertiary/aromatic N) is 3. The minimum Gasteiger partial charge on any atom is -0.478 e. The Kier molecular flexibility index (Phi) is 29.6. The zero-order valence-corrected chi connectivity index (χ0v) is 57.2. The van der Waals surface area contributed by atoms with E-state index in [1.165, 1.54) is 47.9 Å². The lowest BCUT2D eigenvalue weighted by molar-refractivity contribution is -0.178. The van der Waals surface area contributed by atoms with Crippen LogP contribution in [0.1, 0.15) is 84.6 Å². The van der Waals surface area contributed by atoms with Crippen LogP contribution >= 0.6 is 69.3 Å². The van der Waals surface area contributed by atoms with Gasteiger partial charge in [0.05, 0.1) is 30.6 Å². The molecule has 1 aliphatic heterocycles. The molecule has 8 atom stereocenters. The molecule has 1 fully saturated rings. The number of nitrogens with one attached hydrogen (secondary N) is 2. The van der Waals surface area contributed by atoms with Crippen molar-refractivity contribution < 1.29 is 101 Å². The van der Waals surface area contributed by atoms with E-state index in [4.69, 9.17) is 24.7 Å². The number of cyclic esters (lactones) is 2. The number of aliphatic carboxylic acids is 1. The Hall–Kier alpha value is -9.61. The second-order valence-electron chi connectivity index (χ2n) is 20.0. The van der Waals surface area contributed by atoms with Crippen LogP contribution in [0.25, 0.3) is 30.6 Å². The van der Waals surface area contributed by atoms with Crippen LogP contribution in [-0.4, -0.2) is 139 Å². The topological polar surface area (TPSA) is 402 Å². The molecule has 1 aliphatic rings. The Balaban J connectivity index is 0.000000200. The smallest absolute Gasteiger partial charge is 0.359 e. The maximum atomic E-state index is 12.8. The zero-order valence-electron chi connectivity index (χ0n) is 52.2. The summed E-state index contributed by atoms with van der Waals surface area (Å²) in [5.41, 5.74) is 8.28. The van der Waals surface area contributed by atoms with E-state index in [0.29, 0.717) is 47.0 Å². The molecule has 0 unspecified atom stereocenters. The Morgan fingerprint density at radius 3 is 1.27 bits per heavy atom. The number of aliphatic hydroxyl groups is 2. The van der Waals surface area contributed by atoms with Crippen molar-refractivity contribution >= 4 is 171 Å². The highest BCUT2D eigenvalue weighted by atomic mass is 32.1. The maximum absolute atomic E-state index is 12.8. The number of benzene rings is 4. The van der Waals surface area contributed by atoms with Gasteiger partial charge in [-0.1, -0.05) is 60.7 Å². The van der Waals surface area contributed by atoms with Gasteiger partial charge in [0, 0.05) is 75.0 Å². The fourth-order valence-electron chi connectivity index (χ4n) is 8.27. The summed E-state index contributed by atoms with van der Waals surface area (Å²) in [4.78, 5) is 141. The van der Waals surface area contributed by atoms with Crippen molar-refractivity contribution in [2.75, 3.05) is 18.8 Å². The molecule has 512 valence electrons. The number of nitrogen functional groups attached to an aromatic ring is 1.